The van der Waals surface area contributed by atoms with Crippen molar-refractivity contribution in [1.29, 1.82) is 0 Å². The van der Waals surface area contributed by atoms with Crippen LogP contribution >= 0.6 is 0 Å². The van der Waals surface area contributed by atoms with Gasteiger partial charge in [0.25, 0.3) is 0 Å². The van der Waals surface area contributed by atoms with Crippen LogP contribution in [0.2, 0.25) is 0 Å². The molecule has 108 valence electrons. The predicted molar refractivity (Wildman–Crippen MR) is 93.3 cm³/mol. The molecule has 2 heteroatoms. The van der Waals surface area contributed by atoms with Gasteiger partial charge in [-0.3, -0.25) is 4.99 Å². The molecule has 0 aliphatic carbocycles. The van der Waals surface area contributed by atoms with E-state index in [2.05, 4.69) is 23.7 Å². The summed E-state index contributed by atoms with van der Waals surface area (Å²) < 4.78 is 5.61. The van der Waals surface area contributed by atoms with Gasteiger partial charge in [0.1, 0.15) is 12.4 Å². The summed E-state index contributed by atoms with van der Waals surface area (Å²) in [6.07, 6.45) is 3.62. The SMILES string of the molecule is C=CCOc1ccc2cccc(/N=C/c3ccccc3)c2c1. The van der Waals surface area contributed by atoms with Crippen molar-refractivity contribution in [2.75, 3.05) is 6.61 Å². The maximum Gasteiger partial charge on any atom is 0.120 e. The first-order valence-electron chi connectivity index (χ1n) is 7.22. The topological polar surface area (TPSA) is 21.6 Å². The fourth-order valence-corrected chi connectivity index (χ4v) is 2.28. The fourth-order valence-electron chi connectivity index (χ4n) is 2.28. The summed E-state index contributed by atoms with van der Waals surface area (Å²) in [5, 5.41) is 2.23. The van der Waals surface area contributed by atoms with Gasteiger partial charge in [-0.1, -0.05) is 61.2 Å². The van der Waals surface area contributed by atoms with Crippen molar-refractivity contribution in [2.45, 2.75) is 0 Å². The highest BCUT2D eigenvalue weighted by molar-refractivity contribution is 5.96. The Balaban J connectivity index is 1.97. The molecule has 0 aliphatic heterocycles. The van der Waals surface area contributed by atoms with Gasteiger partial charge in [0.15, 0.2) is 0 Å². The van der Waals surface area contributed by atoms with Crippen molar-refractivity contribution in [3.8, 4) is 5.75 Å². The molecule has 3 aromatic rings. The fraction of sp³-hybridized carbons (Fsp3) is 0.0500. The molecule has 0 aliphatic rings. The van der Waals surface area contributed by atoms with E-state index in [9.17, 15) is 0 Å². The Morgan fingerprint density at radius 3 is 2.64 bits per heavy atom. The van der Waals surface area contributed by atoms with Crippen LogP contribution in [0.1, 0.15) is 5.56 Å². The van der Waals surface area contributed by atoms with E-state index in [1.807, 2.05) is 60.8 Å². The first-order valence-corrected chi connectivity index (χ1v) is 7.22. The summed E-state index contributed by atoms with van der Waals surface area (Å²) in [4.78, 5) is 4.63. The van der Waals surface area contributed by atoms with Crippen LogP contribution in [-0.4, -0.2) is 12.8 Å². The van der Waals surface area contributed by atoms with E-state index in [1.54, 1.807) is 6.08 Å². The van der Waals surface area contributed by atoms with Crippen LogP contribution in [0, 0.1) is 0 Å². The largest absolute Gasteiger partial charge is 0.490 e. The van der Waals surface area contributed by atoms with E-state index in [0.29, 0.717) is 6.61 Å². The summed E-state index contributed by atoms with van der Waals surface area (Å²) in [7, 11) is 0. The third kappa shape index (κ3) is 3.23. The lowest BCUT2D eigenvalue weighted by molar-refractivity contribution is 0.364. The molecule has 0 atom stereocenters. The Morgan fingerprint density at radius 2 is 1.82 bits per heavy atom. The van der Waals surface area contributed by atoms with Crippen LogP contribution < -0.4 is 4.74 Å². The highest BCUT2D eigenvalue weighted by Gasteiger charge is 2.01. The lowest BCUT2D eigenvalue weighted by Crippen LogP contribution is -1.92. The molecule has 0 heterocycles. The summed E-state index contributed by atoms with van der Waals surface area (Å²) >= 11 is 0. The second kappa shape index (κ2) is 6.72. The number of fused-ring (bicyclic) bond motifs is 1. The van der Waals surface area contributed by atoms with E-state index in [-0.39, 0.29) is 0 Å². The maximum atomic E-state index is 5.61. The van der Waals surface area contributed by atoms with Crippen molar-refractivity contribution in [3.63, 3.8) is 0 Å². The van der Waals surface area contributed by atoms with Gasteiger partial charge in [-0.25, -0.2) is 0 Å². The average Bonchev–Trinajstić information content (AvgIpc) is 2.59. The lowest BCUT2D eigenvalue weighted by atomic mass is 10.1. The third-order valence-electron chi connectivity index (χ3n) is 3.35. The van der Waals surface area contributed by atoms with Gasteiger partial charge in [0.05, 0.1) is 5.69 Å². The standard InChI is InChI=1S/C20H17NO/c1-2-13-22-18-12-11-17-9-6-10-20(19(17)14-18)21-15-16-7-4-3-5-8-16/h2-12,14-15H,1,13H2/b21-15+. The second-order valence-corrected chi connectivity index (χ2v) is 4.93. The van der Waals surface area contributed by atoms with Gasteiger partial charge in [-0.05, 0) is 29.1 Å². The highest BCUT2D eigenvalue weighted by Crippen LogP contribution is 2.29. The number of ether oxygens (including phenoxy) is 1. The molecule has 0 spiro atoms. The molecule has 3 aromatic carbocycles. The van der Waals surface area contributed by atoms with E-state index in [4.69, 9.17) is 4.74 Å². The van der Waals surface area contributed by atoms with Crippen LogP contribution in [0.5, 0.6) is 5.75 Å². The molecule has 2 nitrogen and oxygen atoms in total. The number of aliphatic imine (C=N–C) groups is 1. The highest BCUT2D eigenvalue weighted by atomic mass is 16.5. The van der Waals surface area contributed by atoms with Crippen molar-refractivity contribution in [2.24, 2.45) is 4.99 Å². The van der Waals surface area contributed by atoms with Crippen molar-refractivity contribution in [3.05, 3.63) is 84.9 Å². The van der Waals surface area contributed by atoms with Gasteiger partial charge < -0.3 is 4.74 Å². The Hall–Kier alpha value is -2.87. The maximum absolute atomic E-state index is 5.61. The second-order valence-electron chi connectivity index (χ2n) is 4.93. The van der Waals surface area contributed by atoms with Crippen molar-refractivity contribution >= 4 is 22.7 Å². The van der Waals surface area contributed by atoms with Crippen LogP contribution in [0.4, 0.5) is 5.69 Å². The smallest absolute Gasteiger partial charge is 0.120 e. The molecule has 3 rings (SSSR count). The van der Waals surface area contributed by atoms with E-state index in [1.165, 1.54) is 0 Å². The number of benzene rings is 3. The number of rotatable bonds is 5. The predicted octanol–water partition coefficient (Wildman–Crippen LogP) is 5.16. The zero-order valence-corrected chi connectivity index (χ0v) is 12.3. The Bertz CT molecular complexity index is 806. The minimum Gasteiger partial charge on any atom is -0.490 e. The van der Waals surface area contributed by atoms with Gasteiger partial charge in [0, 0.05) is 11.6 Å². The molecule has 22 heavy (non-hydrogen) atoms. The zero-order valence-electron chi connectivity index (χ0n) is 12.3. The van der Waals surface area contributed by atoms with Crippen molar-refractivity contribution in [1.82, 2.24) is 0 Å². The van der Waals surface area contributed by atoms with Crippen LogP contribution in [-0.2, 0) is 0 Å². The summed E-state index contributed by atoms with van der Waals surface area (Å²) in [5.74, 6) is 0.828. The van der Waals surface area contributed by atoms with Gasteiger partial charge >= 0.3 is 0 Å². The number of nitrogens with zero attached hydrogens (tertiary/aromatic N) is 1. The molecule has 0 fully saturated rings. The monoisotopic (exact) mass is 287 g/mol. The summed E-state index contributed by atoms with van der Waals surface area (Å²) in [6, 6.07) is 22.2. The van der Waals surface area contributed by atoms with Crippen LogP contribution in [0.3, 0.4) is 0 Å². The molecular formula is C20H17NO. The summed E-state index contributed by atoms with van der Waals surface area (Å²) in [5.41, 5.74) is 2.02. The Kier molecular flexibility index (Phi) is 4.30. The summed E-state index contributed by atoms with van der Waals surface area (Å²) in [6.45, 7) is 4.17. The van der Waals surface area contributed by atoms with Gasteiger partial charge in [-0.2, -0.15) is 0 Å². The molecule has 0 saturated carbocycles. The van der Waals surface area contributed by atoms with Crippen LogP contribution in [0.15, 0.2) is 84.4 Å². The Morgan fingerprint density at radius 1 is 0.955 bits per heavy atom. The molecule has 0 N–H and O–H groups in total. The Labute approximate surface area is 130 Å². The molecule has 0 unspecified atom stereocenters. The zero-order chi connectivity index (χ0) is 15.2. The van der Waals surface area contributed by atoms with E-state index < -0.39 is 0 Å². The third-order valence-corrected chi connectivity index (χ3v) is 3.35. The minimum absolute atomic E-state index is 0.501. The molecule has 0 radical (unpaired) electrons. The quantitative estimate of drug-likeness (QED) is 0.469. The van der Waals surface area contributed by atoms with Gasteiger partial charge in [0.2, 0.25) is 0 Å². The number of hydrogen-bond acceptors (Lipinski definition) is 2. The molecule has 0 amide bonds. The molecule has 0 bridgehead atoms. The first kappa shape index (κ1) is 14.1. The normalized spacial score (nSPS) is 10.9. The number of hydrogen-bond donors (Lipinski definition) is 0. The molecular weight excluding hydrogens is 270 g/mol. The van der Waals surface area contributed by atoms with Crippen molar-refractivity contribution < 1.29 is 4.74 Å². The average molecular weight is 287 g/mol. The van der Waals surface area contributed by atoms with Crippen LogP contribution in [0.25, 0.3) is 10.8 Å². The molecule has 0 aromatic heterocycles. The first-order chi connectivity index (χ1) is 10.9. The minimum atomic E-state index is 0.501. The van der Waals surface area contributed by atoms with E-state index in [0.717, 1.165) is 27.8 Å². The van der Waals surface area contributed by atoms with E-state index >= 15 is 0 Å². The lowest BCUT2D eigenvalue weighted by Gasteiger charge is -2.06. The molecule has 0 saturated heterocycles. The van der Waals surface area contributed by atoms with Gasteiger partial charge in [-0.15, -0.1) is 0 Å².